The average molecular weight is 293 g/mol. The monoisotopic (exact) mass is 293 g/mol. The van der Waals surface area contributed by atoms with Crippen LogP contribution >= 0.6 is 11.3 Å². The molecule has 0 saturated carbocycles. The lowest BCUT2D eigenvalue weighted by molar-refractivity contribution is 0.0749. The third-order valence-corrected chi connectivity index (χ3v) is 4.05. The van der Waals surface area contributed by atoms with Gasteiger partial charge in [0.2, 0.25) is 0 Å². The topological polar surface area (TPSA) is 72.4 Å². The Bertz CT molecular complexity index is 603. The number of amides is 1. The van der Waals surface area contributed by atoms with Crippen molar-refractivity contribution in [2.75, 3.05) is 7.05 Å². The van der Waals surface area contributed by atoms with Crippen molar-refractivity contribution in [3.05, 3.63) is 39.2 Å². The van der Waals surface area contributed by atoms with Crippen LogP contribution in [-0.2, 0) is 19.5 Å². The maximum absolute atomic E-state index is 12.3. The van der Waals surface area contributed by atoms with Crippen molar-refractivity contribution < 1.29 is 9.21 Å². The first-order valence-electron chi connectivity index (χ1n) is 6.53. The highest BCUT2D eigenvalue weighted by molar-refractivity contribution is 7.09. The number of thiazole rings is 1. The van der Waals surface area contributed by atoms with E-state index in [1.165, 1.54) is 0 Å². The largest absolute Gasteiger partial charge is 0.454 e. The summed E-state index contributed by atoms with van der Waals surface area (Å²) < 4.78 is 5.48. The molecule has 0 fully saturated rings. The summed E-state index contributed by atoms with van der Waals surface area (Å²) in [6.45, 7) is 4.69. The van der Waals surface area contributed by atoms with E-state index in [9.17, 15) is 4.79 Å². The lowest BCUT2D eigenvalue weighted by Gasteiger charge is -2.14. The molecule has 6 heteroatoms. The average Bonchev–Trinajstić information content (AvgIpc) is 3.04. The molecule has 0 unspecified atom stereocenters. The van der Waals surface area contributed by atoms with Crippen molar-refractivity contribution in [3.63, 3.8) is 0 Å². The van der Waals surface area contributed by atoms with Gasteiger partial charge in [-0.05, 0) is 19.4 Å². The highest BCUT2D eigenvalue weighted by Crippen LogP contribution is 2.18. The van der Waals surface area contributed by atoms with E-state index in [0.717, 1.165) is 22.7 Å². The molecule has 2 aromatic heterocycles. The lowest BCUT2D eigenvalue weighted by Crippen LogP contribution is -2.26. The second-order valence-corrected chi connectivity index (χ2v) is 5.62. The van der Waals surface area contributed by atoms with Gasteiger partial charge in [-0.25, -0.2) is 4.98 Å². The van der Waals surface area contributed by atoms with E-state index < -0.39 is 0 Å². The van der Waals surface area contributed by atoms with Crippen molar-refractivity contribution in [1.82, 2.24) is 9.88 Å². The summed E-state index contributed by atoms with van der Waals surface area (Å²) in [6.07, 6.45) is 0.916. The zero-order valence-corrected chi connectivity index (χ0v) is 12.8. The zero-order valence-electron chi connectivity index (χ0n) is 12.0. The van der Waals surface area contributed by atoms with Gasteiger partial charge in [-0.2, -0.15) is 0 Å². The van der Waals surface area contributed by atoms with E-state index in [4.69, 9.17) is 10.2 Å². The maximum atomic E-state index is 12.3. The summed E-state index contributed by atoms with van der Waals surface area (Å²) in [5.74, 6) is 0.841. The van der Waals surface area contributed by atoms with Gasteiger partial charge in [0.1, 0.15) is 5.76 Å². The first-order chi connectivity index (χ1) is 9.55. The Labute approximate surface area is 122 Å². The van der Waals surface area contributed by atoms with Gasteiger partial charge in [-0.3, -0.25) is 4.79 Å². The molecule has 0 atom stereocenters. The van der Waals surface area contributed by atoms with Gasteiger partial charge in [0.15, 0.2) is 5.76 Å². The number of aryl methyl sites for hydroxylation is 2. The second kappa shape index (κ2) is 6.19. The number of furan rings is 1. The Balaban J connectivity index is 2.09. The van der Waals surface area contributed by atoms with Crippen LogP contribution in [0.1, 0.15) is 39.5 Å². The van der Waals surface area contributed by atoms with Crippen LogP contribution in [0.5, 0.6) is 0 Å². The lowest BCUT2D eigenvalue weighted by atomic mass is 10.2. The number of rotatable bonds is 5. The van der Waals surface area contributed by atoms with Crippen molar-refractivity contribution >= 4 is 17.2 Å². The molecule has 0 spiro atoms. The van der Waals surface area contributed by atoms with E-state index in [0.29, 0.717) is 24.6 Å². The molecule has 108 valence electrons. The summed E-state index contributed by atoms with van der Waals surface area (Å²) in [7, 11) is 1.75. The first kappa shape index (κ1) is 14.7. The number of hydrogen-bond donors (Lipinski definition) is 1. The van der Waals surface area contributed by atoms with Crippen molar-refractivity contribution in [2.24, 2.45) is 5.73 Å². The smallest absolute Gasteiger partial charge is 0.289 e. The minimum atomic E-state index is -0.145. The van der Waals surface area contributed by atoms with Gasteiger partial charge in [-0.15, -0.1) is 11.3 Å². The third-order valence-electron chi connectivity index (χ3n) is 3.01. The highest BCUT2D eigenvalue weighted by Gasteiger charge is 2.20. The van der Waals surface area contributed by atoms with Crippen molar-refractivity contribution in [3.8, 4) is 0 Å². The predicted octanol–water partition coefficient (Wildman–Crippen LogP) is 2.34. The summed E-state index contributed by atoms with van der Waals surface area (Å²) in [5, 5.41) is 3.07. The summed E-state index contributed by atoms with van der Waals surface area (Å²) >= 11 is 1.62. The minimum Gasteiger partial charge on any atom is -0.454 e. The second-order valence-electron chi connectivity index (χ2n) is 4.68. The maximum Gasteiger partial charge on any atom is 0.289 e. The Morgan fingerprint density at radius 1 is 1.55 bits per heavy atom. The van der Waals surface area contributed by atoms with Crippen LogP contribution in [0.4, 0.5) is 0 Å². The predicted molar refractivity (Wildman–Crippen MR) is 78.6 cm³/mol. The molecule has 0 aliphatic carbocycles. The van der Waals surface area contributed by atoms with Gasteiger partial charge in [0.05, 0.1) is 23.8 Å². The number of carbonyl (C=O) groups excluding carboxylic acids is 1. The summed E-state index contributed by atoms with van der Waals surface area (Å²) in [6, 6.07) is 1.80. The normalized spacial score (nSPS) is 10.8. The van der Waals surface area contributed by atoms with Crippen LogP contribution in [0.2, 0.25) is 0 Å². The van der Waals surface area contributed by atoms with Gasteiger partial charge in [0, 0.05) is 18.0 Å². The molecule has 0 aliphatic rings. The van der Waals surface area contributed by atoms with Crippen LogP contribution in [0.3, 0.4) is 0 Å². The number of hydrogen-bond acceptors (Lipinski definition) is 5. The highest BCUT2D eigenvalue weighted by atomic mass is 32.1. The summed E-state index contributed by atoms with van der Waals surface area (Å²) in [4.78, 5) is 18.4. The molecule has 2 heterocycles. The van der Waals surface area contributed by atoms with E-state index in [1.807, 2.05) is 12.3 Å². The molecule has 2 N–H and O–H groups in total. The zero-order chi connectivity index (χ0) is 14.7. The van der Waals surface area contributed by atoms with Gasteiger partial charge in [0.25, 0.3) is 5.91 Å². The number of nitrogens with two attached hydrogens (primary N) is 1. The molecule has 2 rings (SSSR count). The molecule has 0 aromatic carbocycles. The molecular formula is C14H19N3O2S. The summed E-state index contributed by atoms with van der Waals surface area (Å²) in [5.41, 5.74) is 7.25. The van der Waals surface area contributed by atoms with Gasteiger partial charge < -0.3 is 15.1 Å². The molecular weight excluding hydrogens is 274 g/mol. The SMILES string of the molecule is CCc1nc(CN(C)C(=O)c2oc(CN)cc2C)cs1. The van der Waals surface area contributed by atoms with Crippen molar-refractivity contribution in [2.45, 2.75) is 33.4 Å². The molecule has 0 aliphatic heterocycles. The molecule has 2 aromatic rings. The first-order valence-corrected chi connectivity index (χ1v) is 7.41. The Morgan fingerprint density at radius 3 is 2.85 bits per heavy atom. The fourth-order valence-electron chi connectivity index (χ4n) is 1.93. The van der Waals surface area contributed by atoms with Crippen LogP contribution in [0.15, 0.2) is 15.9 Å². The van der Waals surface area contributed by atoms with Crippen LogP contribution in [-0.4, -0.2) is 22.8 Å². The third kappa shape index (κ3) is 3.08. The molecule has 0 saturated heterocycles. The Morgan fingerprint density at radius 2 is 2.30 bits per heavy atom. The quantitative estimate of drug-likeness (QED) is 0.918. The fraction of sp³-hybridized carbons (Fsp3) is 0.429. The standard InChI is InChI=1S/C14H19N3O2S/c1-4-12-16-10(8-20-12)7-17(3)14(18)13-9(2)5-11(6-15)19-13/h5,8H,4,6-7,15H2,1-3H3. The Hall–Kier alpha value is -1.66. The van der Waals surface area contributed by atoms with Crippen LogP contribution in [0, 0.1) is 6.92 Å². The van der Waals surface area contributed by atoms with E-state index >= 15 is 0 Å². The van der Waals surface area contributed by atoms with E-state index in [-0.39, 0.29) is 5.91 Å². The van der Waals surface area contributed by atoms with E-state index in [2.05, 4.69) is 11.9 Å². The minimum absolute atomic E-state index is 0.145. The molecule has 1 amide bonds. The molecule has 5 nitrogen and oxygen atoms in total. The van der Waals surface area contributed by atoms with Gasteiger partial charge >= 0.3 is 0 Å². The number of aromatic nitrogens is 1. The molecule has 20 heavy (non-hydrogen) atoms. The van der Waals surface area contributed by atoms with Crippen LogP contribution in [0.25, 0.3) is 0 Å². The van der Waals surface area contributed by atoms with E-state index in [1.54, 1.807) is 29.4 Å². The number of nitrogens with zero attached hydrogens (tertiary/aromatic N) is 2. The van der Waals surface area contributed by atoms with Crippen LogP contribution < -0.4 is 5.73 Å². The van der Waals surface area contributed by atoms with Gasteiger partial charge in [-0.1, -0.05) is 6.92 Å². The van der Waals surface area contributed by atoms with Crippen molar-refractivity contribution in [1.29, 1.82) is 0 Å². The Kier molecular flexibility index (Phi) is 4.57. The number of carbonyl (C=O) groups is 1. The molecule has 0 radical (unpaired) electrons. The fourth-order valence-corrected chi connectivity index (χ4v) is 2.67. The molecule has 0 bridgehead atoms.